The highest BCUT2D eigenvalue weighted by molar-refractivity contribution is 5.75. The Kier molecular flexibility index (Phi) is 7.74. The molecule has 3 aromatic rings. The van der Waals surface area contributed by atoms with E-state index in [0.717, 1.165) is 15.7 Å². The molecule has 3 rings (SSSR count). The zero-order chi connectivity index (χ0) is 23.8. The van der Waals surface area contributed by atoms with Crippen molar-refractivity contribution in [2.45, 2.75) is 13.1 Å². The maximum absolute atomic E-state index is 13.3. The molecule has 1 aromatic heterocycles. The highest BCUT2D eigenvalue weighted by Crippen LogP contribution is 2.15. The molecule has 0 fully saturated rings. The molecule has 0 spiro atoms. The lowest BCUT2D eigenvalue weighted by Gasteiger charge is -2.16. The Morgan fingerprint density at radius 2 is 1.36 bits per heavy atom. The molecule has 33 heavy (non-hydrogen) atoms. The Labute approximate surface area is 190 Å². The van der Waals surface area contributed by atoms with Gasteiger partial charge < -0.3 is 25.7 Å². The van der Waals surface area contributed by atoms with Crippen LogP contribution in [0, 0.1) is 0 Å². The van der Waals surface area contributed by atoms with E-state index in [0.29, 0.717) is 11.5 Å². The molecule has 0 bridgehead atoms. The molecule has 0 radical (unpaired) electrons. The van der Waals surface area contributed by atoms with Gasteiger partial charge in [0.25, 0.3) is 5.56 Å². The Morgan fingerprint density at radius 3 is 1.85 bits per heavy atom. The molecule has 0 aliphatic heterocycles. The molecule has 0 saturated heterocycles. The molecule has 0 amide bonds. The summed E-state index contributed by atoms with van der Waals surface area (Å²) in [6.45, 7) is 0.595. The van der Waals surface area contributed by atoms with Crippen molar-refractivity contribution in [3.05, 3.63) is 86.6 Å². The standard InChI is InChI=1S/C23H27N5O5/c1-31-18-7-3-16(4-8-18)14-27-20(29)13-21(33-12-11-26-22(24)25)28(23(27)30)15-17-5-9-19(32-2)10-6-17/h3-10,13H,11-12,14-15H2,1-2H3,(H4,24,25,26). The molecule has 2 aromatic carbocycles. The molecule has 1 heterocycles. The maximum Gasteiger partial charge on any atom is 0.334 e. The number of aromatic nitrogens is 2. The molecule has 10 nitrogen and oxygen atoms in total. The van der Waals surface area contributed by atoms with Crippen molar-refractivity contribution in [2.75, 3.05) is 27.4 Å². The van der Waals surface area contributed by atoms with E-state index in [4.69, 9.17) is 25.7 Å². The highest BCUT2D eigenvalue weighted by Gasteiger charge is 2.14. The quantitative estimate of drug-likeness (QED) is 0.263. The average molecular weight is 453 g/mol. The first-order valence-corrected chi connectivity index (χ1v) is 10.2. The number of rotatable bonds is 10. The van der Waals surface area contributed by atoms with Crippen LogP contribution in [-0.2, 0) is 13.1 Å². The second-order valence-electron chi connectivity index (χ2n) is 7.13. The van der Waals surface area contributed by atoms with Crippen molar-refractivity contribution in [3.63, 3.8) is 0 Å². The number of benzene rings is 2. The predicted octanol–water partition coefficient (Wildman–Crippen LogP) is 0.776. The van der Waals surface area contributed by atoms with Crippen LogP contribution < -0.4 is 36.9 Å². The summed E-state index contributed by atoms with van der Waals surface area (Å²) in [6, 6.07) is 15.7. The molecule has 0 unspecified atom stereocenters. The molecule has 0 saturated carbocycles. The lowest BCUT2D eigenvalue weighted by molar-refractivity contribution is 0.292. The fourth-order valence-corrected chi connectivity index (χ4v) is 3.16. The summed E-state index contributed by atoms with van der Waals surface area (Å²) in [5.41, 5.74) is 11.3. The topological polar surface area (TPSA) is 136 Å². The predicted molar refractivity (Wildman–Crippen MR) is 125 cm³/mol. The van der Waals surface area contributed by atoms with Gasteiger partial charge in [-0.05, 0) is 35.4 Å². The Hall–Kier alpha value is -4.21. The number of nitrogens with two attached hydrogens (primary N) is 2. The zero-order valence-electron chi connectivity index (χ0n) is 18.6. The minimum absolute atomic E-state index is 0.0656. The smallest absolute Gasteiger partial charge is 0.334 e. The van der Waals surface area contributed by atoms with Gasteiger partial charge in [-0.25, -0.2) is 4.79 Å². The van der Waals surface area contributed by atoms with Crippen LogP contribution in [-0.4, -0.2) is 42.5 Å². The van der Waals surface area contributed by atoms with Gasteiger partial charge in [0.2, 0.25) is 5.88 Å². The van der Waals surface area contributed by atoms with E-state index in [1.54, 1.807) is 50.6 Å². The summed E-state index contributed by atoms with van der Waals surface area (Å²) in [6.07, 6.45) is 0. The lowest BCUT2D eigenvalue weighted by atomic mass is 10.2. The normalized spacial score (nSPS) is 10.5. The van der Waals surface area contributed by atoms with Crippen LogP contribution in [0.25, 0.3) is 0 Å². The van der Waals surface area contributed by atoms with Crippen LogP contribution in [0.3, 0.4) is 0 Å². The first kappa shape index (κ1) is 23.5. The number of ether oxygens (including phenoxy) is 3. The summed E-state index contributed by atoms with van der Waals surface area (Å²) in [7, 11) is 3.15. The van der Waals surface area contributed by atoms with Crippen LogP contribution in [0.5, 0.6) is 17.4 Å². The minimum atomic E-state index is -0.494. The van der Waals surface area contributed by atoms with Crippen molar-refractivity contribution in [3.8, 4) is 17.4 Å². The van der Waals surface area contributed by atoms with Crippen molar-refractivity contribution < 1.29 is 14.2 Å². The van der Waals surface area contributed by atoms with Gasteiger partial charge >= 0.3 is 5.69 Å². The van der Waals surface area contributed by atoms with E-state index < -0.39 is 11.2 Å². The molecule has 0 atom stereocenters. The number of hydrogen-bond donors (Lipinski definition) is 2. The number of aliphatic imine (C=N–C) groups is 1. The van der Waals surface area contributed by atoms with Crippen LogP contribution in [0.15, 0.2) is 69.2 Å². The van der Waals surface area contributed by atoms with Crippen molar-refractivity contribution in [1.82, 2.24) is 9.13 Å². The average Bonchev–Trinajstić information content (AvgIpc) is 2.82. The van der Waals surface area contributed by atoms with Crippen LogP contribution in [0.1, 0.15) is 11.1 Å². The fourth-order valence-electron chi connectivity index (χ4n) is 3.16. The number of methoxy groups -OCH3 is 2. The molecule has 0 aliphatic rings. The number of hydrogen-bond acceptors (Lipinski definition) is 6. The minimum Gasteiger partial charge on any atom is -0.497 e. The fraction of sp³-hybridized carbons (Fsp3) is 0.261. The zero-order valence-corrected chi connectivity index (χ0v) is 18.6. The Morgan fingerprint density at radius 1 is 0.848 bits per heavy atom. The molecule has 4 N–H and O–H groups in total. The largest absolute Gasteiger partial charge is 0.497 e. The van der Waals surface area contributed by atoms with E-state index in [1.807, 2.05) is 12.1 Å². The van der Waals surface area contributed by atoms with Gasteiger partial charge in [0.15, 0.2) is 5.96 Å². The van der Waals surface area contributed by atoms with Crippen LogP contribution in [0.4, 0.5) is 0 Å². The summed E-state index contributed by atoms with van der Waals surface area (Å²) < 4.78 is 18.6. The van der Waals surface area contributed by atoms with Crippen molar-refractivity contribution in [2.24, 2.45) is 16.5 Å². The number of guanidine groups is 1. The van der Waals surface area contributed by atoms with Gasteiger partial charge in [-0.1, -0.05) is 24.3 Å². The maximum atomic E-state index is 13.3. The third-order valence-electron chi connectivity index (χ3n) is 4.88. The SMILES string of the molecule is COc1ccc(Cn2c(OCCN=C(N)N)cc(=O)n(Cc3ccc(OC)cc3)c2=O)cc1. The van der Waals surface area contributed by atoms with Gasteiger partial charge in [-0.15, -0.1) is 0 Å². The van der Waals surface area contributed by atoms with Crippen molar-refractivity contribution in [1.29, 1.82) is 0 Å². The second-order valence-corrected chi connectivity index (χ2v) is 7.13. The molecular weight excluding hydrogens is 426 g/mol. The summed E-state index contributed by atoms with van der Waals surface area (Å²) in [5.74, 6) is 1.46. The lowest BCUT2D eigenvalue weighted by Crippen LogP contribution is -2.40. The monoisotopic (exact) mass is 453 g/mol. The summed E-state index contributed by atoms with van der Waals surface area (Å²) in [5, 5.41) is 0. The first-order valence-electron chi connectivity index (χ1n) is 10.2. The second kappa shape index (κ2) is 10.9. The van der Waals surface area contributed by atoms with Gasteiger partial charge in [-0.3, -0.25) is 18.9 Å². The Bertz CT molecular complexity index is 1210. The third kappa shape index (κ3) is 6.16. The van der Waals surface area contributed by atoms with E-state index in [2.05, 4.69) is 4.99 Å². The van der Waals surface area contributed by atoms with Gasteiger partial charge in [-0.2, -0.15) is 0 Å². The van der Waals surface area contributed by atoms with Crippen LogP contribution >= 0.6 is 0 Å². The summed E-state index contributed by atoms with van der Waals surface area (Å²) in [4.78, 5) is 30.0. The first-order chi connectivity index (χ1) is 15.9. The third-order valence-corrected chi connectivity index (χ3v) is 4.88. The van der Waals surface area contributed by atoms with Gasteiger partial charge in [0, 0.05) is 0 Å². The van der Waals surface area contributed by atoms with E-state index in [-0.39, 0.29) is 38.1 Å². The summed E-state index contributed by atoms with van der Waals surface area (Å²) >= 11 is 0. The molecular formula is C23H27N5O5. The molecule has 10 heteroatoms. The van der Waals surface area contributed by atoms with E-state index in [9.17, 15) is 9.59 Å². The van der Waals surface area contributed by atoms with Gasteiger partial charge in [0.1, 0.15) is 18.1 Å². The van der Waals surface area contributed by atoms with E-state index in [1.165, 1.54) is 10.6 Å². The number of nitrogens with zero attached hydrogens (tertiary/aromatic N) is 3. The Balaban J connectivity index is 1.96. The molecule has 174 valence electrons. The van der Waals surface area contributed by atoms with Crippen molar-refractivity contribution >= 4 is 5.96 Å². The van der Waals surface area contributed by atoms with E-state index >= 15 is 0 Å². The molecule has 0 aliphatic carbocycles. The van der Waals surface area contributed by atoms with Crippen LogP contribution in [0.2, 0.25) is 0 Å². The highest BCUT2D eigenvalue weighted by atomic mass is 16.5. The van der Waals surface area contributed by atoms with Gasteiger partial charge in [0.05, 0.1) is 39.9 Å².